The molecule has 0 atom stereocenters. The van der Waals surface area contributed by atoms with E-state index in [4.69, 9.17) is 4.98 Å². The van der Waals surface area contributed by atoms with Crippen molar-refractivity contribution in [1.29, 1.82) is 0 Å². The molecule has 0 fully saturated rings. The van der Waals surface area contributed by atoms with Crippen LogP contribution in [0.15, 0.2) is 60.7 Å². The van der Waals surface area contributed by atoms with E-state index < -0.39 is 0 Å². The van der Waals surface area contributed by atoms with Crippen molar-refractivity contribution < 1.29 is 4.79 Å². The predicted molar refractivity (Wildman–Crippen MR) is 116 cm³/mol. The summed E-state index contributed by atoms with van der Waals surface area (Å²) in [7, 11) is 0. The highest BCUT2D eigenvalue weighted by molar-refractivity contribution is 5.90. The van der Waals surface area contributed by atoms with Gasteiger partial charge in [-0.1, -0.05) is 48.5 Å². The Bertz CT molecular complexity index is 1180. The molecule has 0 saturated carbocycles. The van der Waals surface area contributed by atoms with Crippen LogP contribution in [-0.4, -0.2) is 20.7 Å². The summed E-state index contributed by atoms with van der Waals surface area (Å²) in [5, 5.41) is 8.70. The fourth-order valence-electron chi connectivity index (χ4n) is 3.52. The zero-order chi connectivity index (χ0) is 20.4. The van der Waals surface area contributed by atoms with Crippen molar-refractivity contribution in [2.45, 2.75) is 33.6 Å². The number of nitrogens with zero attached hydrogens (tertiary/aromatic N) is 3. The van der Waals surface area contributed by atoms with Crippen molar-refractivity contribution >= 4 is 22.6 Å². The first-order valence-electron chi connectivity index (χ1n) is 9.79. The summed E-state index contributed by atoms with van der Waals surface area (Å²) in [6.45, 7) is 6.04. The summed E-state index contributed by atoms with van der Waals surface area (Å²) >= 11 is 0. The zero-order valence-corrected chi connectivity index (χ0v) is 16.9. The van der Waals surface area contributed by atoms with Gasteiger partial charge in [-0.2, -0.15) is 9.78 Å². The molecule has 4 rings (SSSR count). The van der Waals surface area contributed by atoms with E-state index in [1.165, 1.54) is 0 Å². The Kier molecular flexibility index (Phi) is 5.12. The second-order valence-electron chi connectivity index (χ2n) is 7.38. The number of aromatic nitrogens is 3. The molecular weight excluding hydrogens is 360 g/mol. The molecule has 1 amide bonds. The monoisotopic (exact) mass is 384 g/mol. The van der Waals surface area contributed by atoms with Crippen molar-refractivity contribution in [2.75, 3.05) is 5.32 Å². The Hall–Kier alpha value is -3.47. The van der Waals surface area contributed by atoms with Gasteiger partial charge in [-0.05, 0) is 49.9 Å². The fourth-order valence-corrected chi connectivity index (χ4v) is 3.52. The van der Waals surface area contributed by atoms with Crippen molar-refractivity contribution in [3.8, 4) is 5.82 Å². The topological polar surface area (TPSA) is 59.8 Å². The quantitative estimate of drug-likeness (QED) is 0.531. The maximum atomic E-state index is 12.5. The summed E-state index contributed by atoms with van der Waals surface area (Å²) in [4.78, 5) is 17.4. The number of aryl methyl sites for hydroxylation is 4. The van der Waals surface area contributed by atoms with E-state index >= 15 is 0 Å². The molecule has 29 heavy (non-hydrogen) atoms. The second kappa shape index (κ2) is 7.87. The van der Waals surface area contributed by atoms with Gasteiger partial charge in [-0.25, -0.2) is 4.98 Å². The van der Waals surface area contributed by atoms with Gasteiger partial charge in [-0.3, -0.25) is 4.79 Å². The number of carbonyl (C=O) groups is 1. The zero-order valence-electron chi connectivity index (χ0n) is 16.9. The Morgan fingerprint density at radius 1 is 0.966 bits per heavy atom. The van der Waals surface area contributed by atoms with E-state index in [0.29, 0.717) is 24.5 Å². The van der Waals surface area contributed by atoms with E-state index in [9.17, 15) is 4.79 Å². The average molecular weight is 384 g/mol. The number of nitrogens with one attached hydrogen (secondary N) is 1. The highest BCUT2D eigenvalue weighted by atomic mass is 16.1. The maximum absolute atomic E-state index is 12.5. The van der Waals surface area contributed by atoms with Gasteiger partial charge in [0.2, 0.25) is 5.91 Å². The lowest BCUT2D eigenvalue weighted by Gasteiger charge is -2.12. The normalized spacial score (nSPS) is 11.0. The number of hydrogen-bond donors (Lipinski definition) is 1. The van der Waals surface area contributed by atoms with Gasteiger partial charge in [0.1, 0.15) is 5.82 Å². The Morgan fingerprint density at radius 3 is 2.55 bits per heavy atom. The Morgan fingerprint density at radius 2 is 1.76 bits per heavy atom. The summed E-state index contributed by atoms with van der Waals surface area (Å²) in [5.74, 6) is 1.31. The van der Waals surface area contributed by atoms with Crippen LogP contribution in [0.1, 0.15) is 28.8 Å². The molecule has 0 bridgehead atoms. The van der Waals surface area contributed by atoms with Crippen LogP contribution in [-0.2, 0) is 11.2 Å². The van der Waals surface area contributed by atoms with Crippen LogP contribution in [0.2, 0.25) is 0 Å². The van der Waals surface area contributed by atoms with Crippen molar-refractivity contribution in [3.63, 3.8) is 0 Å². The number of fused-ring (bicyclic) bond motifs is 1. The van der Waals surface area contributed by atoms with E-state index in [1.807, 2.05) is 55.5 Å². The van der Waals surface area contributed by atoms with Crippen molar-refractivity contribution in [2.24, 2.45) is 0 Å². The maximum Gasteiger partial charge on any atom is 0.225 e. The minimum atomic E-state index is -0.0382. The lowest BCUT2D eigenvalue weighted by Crippen LogP contribution is -2.16. The molecular formula is C24H24N4O. The number of carbonyl (C=O) groups excluding carboxylic acids is 1. The average Bonchev–Trinajstić information content (AvgIpc) is 3.08. The van der Waals surface area contributed by atoms with Gasteiger partial charge in [0.15, 0.2) is 5.82 Å². The molecule has 5 nitrogen and oxygen atoms in total. The van der Waals surface area contributed by atoms with Crippen LogP contribution < -0.4 is 5.32 Å². The minimum absolute atomic E-state index is 0.0382. The molecule has 0 aliphatic rings. The minimum Gasteiger partial charge on any atom is -0.311 e. The molecule has 1 N–H and O–H groups in total. The van der Waals surface area contributed by atoms with Crippen molar-refractivity contribution in [1.82, 2.24) is 14.8 Å². The highest BCUT2D eigenvalue weighted by Gasteiger charge is 2.14. The molecule has 0 aliphatic carbocycles. The number of pyridine rings is 1. The Labute approximate surface area is 170 Å². The van der Waals surface area contributed by atoms with Gasteiger partial charge in [0.05, 0.1) is 11.2 Å². The van der Waals surface area contributed by atoms with Gasteiger partial charge >= 0.3 is 0 Å². The number of para-hydroxylation sites is 1. The van der Waals surface area contributed by atoms with Crippen LogP contribution in [0.4, 0.5) is 5.82 Å². The summed E-state index contributed by atoms with van der Waals surface area (Å²) in [6, 6.07) is 20.1. The van der Waals surface area contributed by atoms with E-state index in [-0.39, 0.29) is 5.91 Å². The molecule has 0 spiro atoms. The van der Waals surface area contributed by atoms with Crippen LogP contribution in [0.3, 0.4) is 0 Å². The largest absolute Gasteiger partial charge is 0.311 e. The first kappa shape index (κ1) is 18.9. The SMILES string of the molecule is Cc1cc(NC(=O)CCc2ccccc2)n(-c2cc(C)c3cccc(C)c3n2)n1. The molecule has 0 radical (unpaired) electrons. The standard InChI is InChI=1S/C24H24N4O/c1-16-8-7-11-20-17(2)14-21(26-24(16)20)28-22(15-18(3)27-28)25-23(29)13-12-19-9-5-4-6-10-19/h4-11,14-15H,12-13H2,1-3H3,(H,25,29). The number of amides is 1. The predicted octanol–water partition coefficient (Wildman–Crippen LogP) is 4.92. The fraction of sp³-hybridized carbons (Fsp3) is 0.208. The van der Waals surface area contributed by atoms with Gasteiger partial charge in [0, 0.05) is 17.9 Å². The molecule has 2 heterocycles. The third-order valence-corrected chi connectivity index (χ3v) is 5.03. The van der Waals surface area contributed by atoms with Gasteiger partial charge in [0.25, 0.3) is 0 Å². The first-order valence-corrected chi connectivity index (χ1v) is 9.79. The third-order valence-electron chi connectivity index (χ3n) is 5.03. The number of hydrogen-bond acceptors (Lipinski definition) is 3. The van der Waals surface area contributed by atoms with Crippen LogP contribution in [0, 0.1) is 20.8 Å². The van der Waals surface area contributed by atoms with Crippen LogP contribution in [0.5, 0.6) is 0 Å². The molecule has 146 valence electrons. The van der Waals surface area contributed by atoms with Crippen LogP contribution >= 0.6 is 0 Å². The lowest BCUT2D eigenvalue weighted by atomic mass is 10.1. The lowest BCUT2D eigenvalue weighted by molar-refractivity contribution is -0.116. The summed E-state index contributed by atoms with van der Waals surface area (Å²) in [6.07, 6.45) is 1.11. The molecule has 2 aromatic heterocycles. The molecule has 0 saturated heterocycles. The number of anilines is 1. The first-order chi connectivity index (χ1) is 14.0. The second-order valence-corrected chi connectivity index (χ2v) is 7.38. The highest BCUT2D eigenvalue weighted by Crippen LogP contribution is 2.24. The molecule has 0 unspecified atom stereocenters. The van der Waals surface area contributed by atoms with Crippen molar-refractivity contribution in [3.05, 3.63) is 83.0 Å². The third kappa shape index (κ3) is 4.04. The molecule has 5 heteroatoms. The smallest absolute Gasteiger partial charge is 0.225 e. The summed E-state index contributed by atoms with van der Waals surface area (Å²) in [5.41, 5.74) is 5.17. The molecule has 4 aromatic rings. The van der Waals surface area contributed by atoms with Gasteiger partial charge in [-0.15, -0.1) is 0 Å². The van der Waals surface area contributed by atoms with E-state index in [1.54, 1.807) is 4.68 Å². The van der Waals surface area contributed by atoms with Crippen LogP contribution in [0.25, 0.3) is 16.7 Å². The molecule has 0 aliphatic heterocycles. The van der Waals surface area contributed by atoms with E-state index in [0.717, 1.165) is 33.3 Å². The molecule has 2 aromatic carbocycles. The Balaban J connectivity index is 1.61. The van der Waals surface area contributed by atoms with E-state index in [2.05, 4.69) is 36.4 Å². The number of benzene rings is 2. The summed E-state index contributed by atoms with van der Waals surface area (Å²) < 4.78 is 1.72. The van der Waals surface area contributed by atoms with Gasteiger partial charge < -0.3 is 5.32 Å². The number of rotatable bonds is 5.